The van der Waals surface area contributed by atoms with Gasteiger partial charge in [-0.3, -0.25) is 0 Å². The predicted molar refractivity (Wildman–Crippen MR) is 99.2 cm³/mol. The molecule has 148 valence electrons. The van der Waals surface area contributed by atoms with Crippen molar-refractivity contribution in [3.63, 3.8) is 0 Å². The van der Waals surface area contributed by atoms with Gasteiger partial charge in [0.1, 0.15) is 23.5 Å². The summed E-state index contributed by atoms with van der Waals surface area (Å²) in [7, 11) is 0. The second-order valence-corrected chi connectivity index (χ2v) is 6.95. The van der Waals surface area contributed by atoms with Crippen molar-refractivity contribution in [2.24, 2.45) is 5.73 Å². The Labute approximate surface area is 159 Å². The topological polar surface area (TPSA) is 80.1 Å². The Morgan fingerprint density at radius 2 is 1.89 bits per heavy atom. The molecular formula is C19H20F3N5O. The lowest BCUT2D eigenvalue weighted by Gasteiger charge is -2.42. The minimum absolute atomic E-state index is 0.177. The number of nitrogens with one attached hydrogen (secondary N) is 1. The number of anilines is 1. The molecule has 28 heavy (non-hydrogen) atoms. The van der Waals surface area contributed by atoms with E-state index in [1.165, 1.54) is 18.5 Å². The monoisotopic (exact) mass is 391 g/mol. The van der Waals surface area contributed by atoms with Crippen molar-refractivity contribution in [3.05, 3.63) is 48.4 Å². The molecule has 4 rings (SSSR count). The van der Waals surface area contributed by atoms with Crippen molar-refractivity contribution in [1.29, 1.82) is 0 Å². The number of piperidine rings is 1. The third-order valence-electron chi connectivity index (χ3n) is 5.43. The molecule has 0 aliphatic carbocycles. The highest BCUT2D eigenvalue weighted by molar-refractivity contribution is 5.87. The van der Waals surface area contributed by atoms with Gasteiger partial charge < -0.3 is 20.4 Å². The maximum Gasteiger partial charge on any atom is 0.573 e. The van der Waals surface area contributed by atoms with Crippen LogP contribution < -0.4 is 15.4 Å². The first-order valence-electron chi connectivity index (χ1n) is 9.00. The van der Waals surface area contributed by atoms with Crippen LogP contribution in [0.15, 0.2) is 42.9 Å². The molecule has 3 aromatic rings. The smallest absolute Gasteiger partial charge is 0.405 e. The molecule has 6 nitrogen and oxygen atoms in total. The quantitative estimate of drug-likeness (QED) is 0.713. The molecule has 9 heteroatoms. The zero-order valence-corrected chi connectivity index (χ0v) is 15.0. The Kier molecular flexibility index (Phi) is 4.62. The number of halogens is 3. The van der Waals surface area contributed by atoms with Crippen LogP contribution in [0.2, 0.25) is 0 Å². The van der Waals surface area contributed by atoms with Crippen LogP contribution in [-0.2, 0) is 5.41 Å². The molecule has 1 aliphatic rings. The van der Waals surface area contributed by atoms with Gasteiger partial charge in [-0.1, -0.05) is 18.2 Å². The van der Waals surface area contributed by atoms with Crippen molar-refractivity contribution in [1.82, 2.24) is 15.0 Å². The van der Waals surface area contributed by atoms with Gasteiger partial charge in [-0.15, -0.1) is 13.2 Å². The van der Waals surface area contributed by atoms with Gasteiger partial charge in [-0.05, 0) is 25.0 Å². The number of H-pyrrole nitrogens is 1. The van der Waals surface area contributed by atoms with Crippen molar-refractivity contribution >= 4 is 16.9 Å². The van der Waals surface area contributed by atoms with Crippen LogP contribution in [-0.4, -0.2) is 40.9 Å². The molecule has 2 aromatic heterocycles. The molecule has 1 saturated heterocycles. The molecule has 1 aliphatic heterocycles. The van der Waals surface area contributed by atoms with E-state index in [9.17, 15) is 13.2 Å². The summed E-state index contributed by atoms with van der Waals surface area (Å²) in [5.41, 5.74) is 6.75. The Bertz CT molecular complexity index is 963. The number of aromatic nitrogens is 3. The minimum Gasteiger partial charge on any atom is -0.405 e. The van der Waals surface area contributed by atoms with Crippen LogP contribution in [0.4, 0.5) is 19.0 Å². The highest BCUT2D eigenvalue weighted by Crippen LogP contribution is 2.42. The lowest BCUT2D eigenvalue weighted by molar-refractivity contribution is -0.275. The minimum atomic E-state index is -4.74. The summed E-state index contributed by atoms with van der Waals surface area (Å²) in [6.45, 7) is 1.48. The number of rotatable bonds is 4. The fraction of sp³-hybridized carbons (Fsp3) is 0.368. The normalized spacial score (nSPS) is 17.1. The van der Waals surface area contributed by atoms with Crippen molar-refractivity contribution in [3.8, 4) is 5.75 Å². The van der Waals surface area contributed by atoms with Gasteiger partial charge in [-0.2, -0.15) is 0 Å². The van der Waals surface area contributed by atoms with E-state index in [-0.39, 0.29) is 12.3 Å². The molecule has 0 spiro atoms. The first-order chi connectivity index (χ1) is 13.4. The van der Waals surface area contributed by atoms with Crippen molar-refractivity contribution < 1.29 is 17.9 Å². The average Bonchev–Trinajstić information content (AvgIpc) is 3.16. The summed E-state index contributed by atoms with van der Waals surface area (Å²) in [6, 6.07) is 8.20. The van der Waals surface area contributed by atoms with Crippen molar-refractivity contribution in [2.45, 2.75) is 24.6 Å². The van der Waals surface area contributed by atoms with Gasteiger partial charge in [0.2, 0.25) is 0 Å². The Hall–Kier alpha value is -2.81. The Balaban J connectivity index is 1.61. The number of aromatic amines is 1. The van der Waals surface area contributed by atoms with Crippen LogP contribution in [0, 0.1) is 0 Å². The Morgan fingerprint density at radius 3 is 2.61 bits per heavy atom. The van der Waals surface area contributed by atoms with Gasteiger partial charge in [0.25, 0.3) is 0 Å². The SMILES string of the molecule is NCC1(c2ccccc2OC(F)(F)F)CCN(c2ncnc3[nH]ccc23)CC1. The molecule has 1 fully saturated rings. The first-order valence-corrected chi connectivity index (χ1v) is 9.00. The summed E-state index contributed by atoms with van der Waals surface area (Å²) in [4.78, 5) is 13.8. The zero-order valence-electron chi connectivity index (χ0n) is 15.0. The molecule has 0 amide bonds. The van der Waals surface area contributed by atoms with E-state index in [1.807, 2.05) is 12.3 Å². The summed E-state index contributed by atoms with van der Waals surface area (Å²) in [5.74, 6) is 0.639. The third kappa shape index (κ3) is 3.37. The standard InChI is InChI=1S/C19H20F3N5O/c20-19(21,22)28-15-4-2-1-3-14(15)18(11-23)6-9-27(10-7-18)17-13-5-8-24-16(13)25-12-26-17/h1-5,8,12H,6-7,9-11,23H2,(H,24,25,26). The number of para-hydroxylation sites is 1. The van der Waals surface area contributed by atoms with Crippen LogP contribution in [0.1, 0.15) is 18.4 Å². The maximum absolute atomic E-state index is 12.8. The van der Waals surface area contributed by atoms with E-state index >= 15 is 0 Å². The number of fused-ring (bicyclic) bond motifs is 1. The fourth-order valence-electron chi connectivity index (χ4n) is 3.96. The van der Waals surface area contributed by atoms with Crippen molar-refractivity contribution in [2.75, 3.05) is 24.5 Å². The predicted octanol–water partition coefficient (Wildman–Crippen LogP) is 3.35. The van der Waals surface area contributed by atoms with Gasteiger partial charge in [-0.25, -0.2) is 9.97 Å². The first kappa shape index (κ1) is 18.5. The largest absolute Gasteiger partial charge is 0.573 e. The molecule has 1 aromatic carbocycles. The molecule has 0 unspecified atom stereocenters. The molecule has 0 bridgehead atoms. The van der Waals surface area contributed by atoms with E-state index in [0.29, 0.717) is 31.5 Å². The number of nitrogens with zero attached hydrogens (tertiary/aromatic N) is 3. The molecule has 3 heterocycles. The molecule has 0 saturated carbocycles. The molecule has 3 N–H and O–H groups in total. The van der Waals surface area contributed by atoms with Crippen LogP contribution in [0.25, 0.3) is 11.0 Å². The number of nitrogens with two attached hydrogens (primary N) is 1. The van der Waals surface area contributed by atoms with Gasteiger partial charge >= 0.3 is 6.36 Å². The zero-order chi connectivity index (χ0) is 19.8. The second-order valence-electron chi connectivity index (χ2n) is 6.95. The van der Waals surface area contributed by atoms with E-state index in [4.69, 9.17) is 5.73 Å². The second kappa shape index (κ2) is 6.97. The molecule has 0 radical (unpaired) electrons. The third-order valence-corrected chi connectivity index (χ3v) is 5.43. The van der Waals surface area contributed by atoms with Crippen LogP contribution in [0.5, 0.6) is 5.75 Å². The van der Waals surface area contributed by atoms with Gasteiger partial charge in [0, 0.05) is 36.8 Å². The van der Waals surface area contributed by atoms with Crippen LogP contribution in [0.3, 0.4) is 0 Å². The number of alkyl halides is 3. The number of benzene rings is 1. The van der Waals surface area contributed by atoms with E-state index in [1.54, 1.807) is 12.1 Å². The highest BCUT2D eigenvalue weighted by Gasteiger charge is 2.40. The lowest BCUT2D eigenvalue weighted by atomic mass is 9.72. The summed E-state index contributed by atoms with van der Waals surface area (Å²) in [6.07, 6.45) is -0.240. The van der Waals surface area contributed by atoms with E-state index < -0.39 is 11.8 Å². The maximum atomic E-state index is 12.8. The number of hydrogen-bond acceptors (Lipinski definition) is 5. The number of hydrogen-bond donors (Lipinski definition) is 2. The van der Waals surface area contributed by atoms with Crippen LogP contribution >= 0.6 is 0 Å². The fourth-order valence-corrected chi connectivity index (χ4v) is 3.96. The summed E-state index contributed by atoms with van der Waals surface area (Å²) < 4.78 is 42.8. The summed E-state index contributed by atoms with van der Waals surface area (Å²) >= 11 is 0. The Morgan fingerprint density at radius 1 is 1.14 bits per heavy atom. The lowest BCUT2D eigenvalue weighted by Crippen LogP contribution is -2.47. The average molecular weight is 391 g/mol. The highest BCUT2D eigenvalue weighted by atomic mass is 19.4. The molecular weight excluding hydrogens is 371 g/mol. The van der Waals surface area contributed by atoms with E-state index in [0.717, 1.165) is 16.9 Å². The van der Waals surface area contributed by atoms with Gasteiger partial charge in [0.05, 0.1) is 5.39 Å². The van der Waals surface area contributed by atoms with E-state index in [2.05, 4.69) is 24.6 Å². The summed E-state index contributed by atoms with van der Waals surface area (Å²) in [5, 5.41) is 0.920. The number of ether oxygens (including phenoxy) is 1. The van der Waals surface area contributed by atoms with Gasteiger partial charge in [0.15, 0.2) is 0 Å². The molecule has 0 atom stereocenters.